The minimum atomic E-state index is -3.55. The molecule has 0 bridgehead atoms. The summed E-state index contributed by atoms with van der Waals surface area (Å²) in [4.78, 5) is 24.4. The number of carbonyl (C=O) groups excluding carboxylic acids is 2. The molecule has 8 nitrogen and oxygen atoms in total. The van der Waals surface area contributed by atoms with Crippen LogP contribution in [-0.4, -0.2) is 44.9 Å². The Morgan fingerprint density at radius 2 is 1.77 bits per heavy atom. The standard InChI is InChI=1S/C17H26N2O6S/c1-17(2,3)25-16(21)19-14(11-8-12-24-26(4,22)23)15(20)18-13-9-6-5-7-10-13/h5-7,9-10,14H,8,11-12H2,1-4H3,(H,18,20)(H,19,21). The number of para-hydroxylation sites is 1. The number of carbonyl (C=O) groups is 2. The van der Waals surface area contributed by atoms with Crippen LogP contribution in [0.4, 0.5) is 10.5 Å². The third-order valence-electron chi connectivity index (χ3n) is 2.98. The highest BCUT2D eigenvalue weighted by Crippen LogP contribution is 2.10. The molecule has 1 unspecified atom stereocenters. The van der Waals surface area contributed by atoms with Gasteiger partial charge in [0.2, 0.25) is 5.91 Å². The van der Waals surface area contributed by atoms with Crippen LogP contribution < -0.4 is 10.6 Å². The van der Waals surface area contributed by atoms with Crippen LogP contribution in [0.3, 0.4) is 0 Å². The summed E-state index contributed by atoms with van der Waals surface area (Å²) in [6.45, 7) is 5.06. The van der Waals surface area contributed by atoms with E-state index in [0.717, 1.165) is 6.26 Å². The molecule has 0 aliphatic heterocycles. The van der Waals surface area contributed by atoms with Crippen LogP contribution in [0.2, 0.25) is 0 Å². The zero-order chi connectivity index (χ0) is 19.8. The Hall–Kier alpha value is -2.13. The van der Waals surface area contributed by atoms with E-state index in [9.17, 15) is 18.0 Å². The van der Waals surface area contributed by atoms with Crippen molar-refractivity contribution < 1.29 is 26.9 Å². The molecule has 2 amide bonds. The summed E-state index contributed by atoms with van der Waals surface area (Å²) in [5, 5.41) is 5.21. The summed E-state index contributed by atoms with van der Waals surface area (Å²) in [6, 6.07) is 7.89. The molecule has 1 rings (SSSR count). The fourth-order valence-electron chi connectivity index (χ4n) is 1.97. The zero-order valence-electron chi connectivity index (χ0n) is 15.4. The number of anilines is 1. The van der Waals surface area contributed by atoms with E-state index in [1.54, 1.807) is 45.0 Å². The van der Waals surface area contributed by atoms with Gasteiger partial charge in [-0.05, 0) is 45.7 Å². The Balaban J connectivity index is 2.70. The van der Waals surface area contributed by atoms with Gasteiger partial charge < -0.3 is 15.4 Å². The monoisotopic (exact) mass is 386 g/mol. The summed E-state index contributed by atoms with van der Waals surface area (Å²) < 4.78 is 31.8. The molecule has 0 radical (unpaired) electrons. The minimum absolute atomic E-state index is 0.0794. The second kappa shape index (κ2) is 9.54. The molecule has 0 fully saturated rings. The third-order valence-corrected chi connectivity index (χ3v) is 3.58. The van der Waals surface area contributed by atoms with Crippen LogP contribution in [0.15, 0.2) is 30.3 Å². The highest BCUT2D eigenvalue weighted by atomic mass is 32.2. The molecule has 1 aromatic rings. The maximum Gasteiger partial charge on any atom is 0.408 e. The van der Waals surface area contributed by atoms with E-state index in [4.69, 9.17) is 4.74 Å². The largest absolute Gasteiger partial charge is 0.444 e. The molecule has 0 heterocycles. The number of benzene rings is 1. The normalized spacial score (nSPS) is 12.9. The lowest BCUT2D eigenvalue weighted by Crippen LogP contribution is -2.45. The van der Waals surface area contributed by atoms with Crippen molar-refractivity contribution >= 4 is 27.8 Å². The van der Waals surface area contributed by atoms with Gasteiger partial charge in [-0.25, -0.2) is 4.79 Å². The summed E-state index contributed by atoms with van der Waals surface area (Å²) in [6.07, 6.45) is 0.670. The number of nitrogens with one attached hydrogen (secondary N) is 2. The number of amides is 2. The van der Waals surface area contributed by atoms with Gasteiger partial charge in [0.25, 0.3) is 10.1 Å². The SMILES string of the molecule is CC(C)(C)OC(=O)NC(CCCOS(C)(=O)=O)C(=O)Nc1ccccc1. The first kappa shape index (κ1) is 21.9. The lowest BCUT2D eigenvalue weighted by molar-refractivity contribution is -0.118. The maximum absolute atomic E-state index is 12.5. The Morgan fingerprint density at radius 1 is 1.15 bits per heavy atom. The molecular formula is C17H26N2O6S. The van der Waals surface area contributed by atoms with Gasteiger partial charge in [0.05, 0.1) is 12.9 Å². The highest BCUT2D eigenvalue weighted by molar-refractivity contribution is 7.85. The summed E-state index contributed by atoms with van der Waals surface area (Å²) in [5.41, 5.74) is -0.120. The fraction of sp³-hybridized carbons (Fsp3) is 0.529. The first-order chi connectivity index (χ1) is 12.0. The zero-order valence-corrected chi connectivity index (χ0v) is 16.3. The van der Waals surface area contributed by atoms with Crippen LogP contribution in [-0.2, 0) is 23.8 Å². The van der Waals surface area contributed by atoms with Crippen molar-refractivity contribution in [2.45, 2.75) is 45.3 Å². The van der Waals surface area contributed by atoms with E-state index in [0.29, 0.717) is 5.69 Å². The lowest BCUT2D eigenvalue weighted by atomic mass is 10.1. The molecule has 146 valence electrons. The number of alkyl carbamates (subject to hydrolysis) is 1. The van der Waals surface area contributed by atoms with Gasteiger partial charge in [0.15, 0.2) is 0 Å². The van der Waals surface area contributed by atoms with Crippen molar-refractivity contribution in [2.24, 2.45) is 0 Å². The number of hydrogen-bond donors (Lipinski definition) is 2. The van der Waals surface area contributed by atoms with Crippen molar-refractivity contribution in [3.63, 3.8) is 0 Å². The van der Waals surface area contributed by atoms with Gasteiger partial charge in [-0.15, -0.1) is 0 Å². The van der Waals surface area contributed by atoms with E-state index in [-0.39, 0.29) is 19.4 Å². The van der Waals surface area contributed by atoms with Gasteiger partial charge in [-0.2, -0.15) is 8.42 Å². The molecule has 2 N–H and O–H groups in total. The number of rotatable bonds is 8. The predicted molar refractivity (Wildman–Crippen MR) is 98.3 cm³/mol. The molecule has 26 heavy (non-hydrogen) atoms. The summed E-state index contributed by atoms with van der Waals surface area (Å²) >= 11 is 0. The van der Waals surface area contributed by atoms with Gasteiger partial charge in [-0.1, -0.05) is 18.2 Å². The number of hydrogen-bond acceptors (Lipinski definition) is 6. The van der Waals surface area contributed by atoms with Crippen molar-refractivity contribution in [3.8, 4) is 0 Å². The molecule has 0 saturated heterocycles. The molecule has 0 saturated carbocycles. The van der Waals surface area contributed by atoms with E-state index in [2.05, 4.69) is 14.8 Å². The van der Waals surface area contributed by atoms with Crippen LogP contribution >= 0.6 is 0 Å². The van der Waals surface area contributed by atoms with Crippen molar-refractivity contribution in [1.82, 2.24) is 5.32 Å². The summed E-state index contributed by atoms with van der Waals surface area (Å²) in [5.74, 6) is -0.429. The molecule has 0 aliphatic carbocycles. The Labute approximate surface area is 154 Å². The first-order valence-electron chi connectivity index (χ1n) is 8.16. The summed E-state index contributed by atoms with van der Waals surface area (Å²) in [7, 11) is -3.55. The molecule has 9 heteroatoms. The van der Waals surface area contributed by atoms with Gasteiger partial charge >= 0.3 is 6.09 Å². The lowest BCUT2D eigenvalue weighted by Gasteiger charge is -2.23. The van der Waals surface area contributed by atoms with E-state index < -0.39 is 33.8 Å². The van der Waals surface area contributed by atoms with Crippen LogP contribution in [0.1, 0.15) is 33.6 Å². The minimum Gasteiger partial charge on any atom is -0.444 e. The second-order valence-electron chi connectivity index (χ2n) is 6.72. The Bertz CT molecular complexity index is 698. The molecule has 0 aliphatic rings. The van der Waals surface area contributed by atoms with Gasteiger partial charge in [0.1, 0.15) is 11.6 Å². The van der Waals surface area contributed by atoms with Gasteiger partial charge in [-0.3, -0.25) is 8.98 Å². The van der Waals surface area contributed by atoms with E-state index in [1.165, 1.54) is 0 Å². The predicted octanol–water partition coefficient (Wildman–Crippen LogP) is 2.27. The van der Waals surface area contributed by atoms with E-state index in [1.807, 2.05) is 6.07 Å². The van der Waals surface area contributed by atoms with Crippen LogP contribution in [0, 0.1) is 0 Å². The molecule has 0 spiro atoms. The van der Waals surface area contributed by atoms with Crippen molar-refractivity contribution in [2.75, 3.05) is 18.2 Å². The van der Waals surface area contributed by atoms with Gasteiger partial charge in [0, 0.05) is 5.69 Å². The van der Waals surface area contributed by atoms with Crippen LogP contribution in [0.5, 0.6) is 0 Å². The Morgan fingerprint density at radius 3 is 2.31 bits per heavy atom. The molecule has 1 atom stereocenters. The Kier molecular flexibility index (Phi) is 8.04. The highest BCUT2D eigenvalue weighted by Gasteiger charge is 2.24. The average molecular weight is 386 g/mol. The second-order valence-corrected chi connectivity index (χ2v) is 8.37. The molecular weight excluding hydrogens is 360 g/mol. The first-order valence-corrected chi connectivity index (χ1v) is 9.98. The molecule has 0 aromatic heterocycles. The molecule has 1 aromatic carbocycles. The average Bonchev–Trinajstić information content (AvgIpc) is 2.48. The quantitative estimate of drug-likeness (QED) is 0.524. The van der Waals surface area contributed by atoms with Crippen molar-refractivity contribution in [1.29, 1.82) is 0 Å². The number of ether oxygens (including phenoxy) is 1. The van der Waals surface area contributed by atoms with Crippen LogP contribution in [0.25, 0.3) is 0 Å². The smallest absolute Gasteiger partial charge is 0.408 e. The fourth-order valence-corrected chi connectivity index (χ4v) is 2.39. The topological polar surface area (TPSA) is 111 Å². The van der Waals surface area contributed by atoms with E-state index >= 15 is 0 Å². The van der Waals surface area contributed by atoms with Crippen molar-refractivity contribution in [3.05, 3.63) is 30.3 Å². The third kappa shape index (κ3) is 10.00. The maximum atomic E-state index is 12.5.